The van der Waals surface area contributed by atoms with Gasteiger partial charge in [-0.25, -0.2) is 0 Å². The van der Waals surface area contributed by atoms with Crippen molar-refractivity contribution in [1.29, 1.82) is 0 Å². The molecular formula is C22H25NO4. The molecule has 0 aliphatic rings. The molecule has 0 spiro atoms. The first kappa shape index (κ1) is 20.2. The lowest BCUT2D eigenvalue weighted by Gasteiger charge is -2.24. The summed E-state index contributed by atoms with van der Waals surface area (Å²) in [5.74, 6) is 0.0852. The fourth-order valence-corrected chi connectivity index (χ4v) is 2.40. The molecule has 2 aromatic carbocycles. The van der Waals surface area contributed by atoms with Gasteiger partial charge in [0.1, 0.15) is 18.9 Å². The van der Waals surface area contributed by atoms with Crippen molar-refractivity contribution in [3.8, 4) is 5.75 Å². The number of esters is 1. The number of carbonyl (C=O) groups is 2. The van der Waals surface area contributed by atoms with Crippen LogP contribution in [0.1, 0.15) is 25.0 Å². The minimum absolute atomic E-state index is 0.0659. The van der Waals surface area contributed by atoms with Crippen LogP contribution in [0, 0.1) is 0 Å². The Morgan fingerprint density at radius 2 is 1.70 bits per heavy atom. The van der Waals surface area contributed by atoms with Crippen molar-refractivity contribution in [3.63, 3.8) is 0 Å². The zero-order valence-corrected chi connectivity index (χ0v) is 15.9. The molecule has 0 aromatic heterocycles. The van der Waals surface area contributed by atoms with Gasteiger partial charge in [0, 0.05) is 12.1 Å². The summed E-state index contributed by atoms with van der Waals surface area (Å²) in [4.78, 5) is 25.3. The highest BCUT2D eigenvalue weighted by Crippen LogP contribution is 2.15. The second-order valence-electron chi connectivity index (χ2n) is 6.31. The quantitative estimate of drug-likeness (QED) is 0.527. The second kappa shape index (κ2) is 10.2. The second-order valence-corrected chi connectivity index (χ2v) is 6.31. The third-order valence-corrected chi connectivity index (χ3v) is 3.98. The van der Waals surface area contributed by atoms with Crippen molar-refractivity contribution in [3.05, 3.63) is 71.8 Å². The van der Waals surface area contributed by atoms with E-state index in [2.05, 4.69) is 4.74 Å². The van der Waals surface area contributed by atoms with E-state index in [4.69, 9.17) is 4.74 Å². The van der Waals surface area contributed by atoms with E-state index in [-0.39, 0.29) is 18.5 Å². The molecule has 2 rings (SSSR count). The summed E-state index contributed by atoms with van der Waals surface area (Å²) in [5.41, 5.74) is 1.98. The van der Waals surface area contributed by atoms with Gasteiger partial charge in [0.2, 0.25) is 5.91 Å². The van der Waals surface area contributed by atoms with Crippen LogP contribution in [0.4, 0.5) is 0 Å². The molecule has 0 heterocycles. The monoisotopic (exact) mass is 367 g/mol. The summed E-state index contributed by atoms with van der Waals surface area (Å²) in [6, 6.07) is 17.3. The van der Waals surface area contributed by atoms with Crippen molar-refractivity contribution in [2.24, 2.45) is 0 Å². The maximum Gasteiger partial charge on any atom is 0.325 e. The van der Waals surface area contributed by atoms with Gasteiger partial charge in [-0.3, -0.25) is 9.59 Å². The van der Waals surface area contributed by atoms with Crippen LogP contribution in [0.2, 0.25) is 0 Å². The average Bonchev–Trinajstić information content (AvgIpc) is 2.69. The van der Waals surface area contributed by atoms with E-state index in [9.17, 15) is 9.59 Å². The number of amides is 1. The molecule has 0 saturated carbocycles. The number of carbonyl (C=O) groups excluding carboxylic acids is 2. The highest BCUT2D eigenvalue weighted by Gasteiger charge is 2.18. The Labute approximate surface area is 160 Å². The van der Waals surface area contributed by atoms with E-state index in [1.807, 2.05) is 68.4 Å². The van der Waals surface area contributed by atoms with Crippen LogP contribution in [-0.4, -0.2) is 36.5 Å². The zero-order chi connectivity index (χ0) is 19.6. The first-order chi connectivity index (χ1) is 13.0. The standard InChI is InChI=1S/C22H25NO4/c1-17(2)23(15-22(25)26-3)21(24)14-11-18-9-12-20(13-10-18)27-16-19-7-5-4-6-8-19/h4-14,17H,15-16H2,1-3H3/b14-11+. The number of hydrogen-bond donors (Lipinski definition) is 0. The molecule has 0 saturated heterocycles. The van der Waals surface area contributed by atoms with Crippen LogP contribution in [0.25, 0.3) is 6.08 Å². The number of benzene rings is 2. The minimum Gasteiger partial charge on any atom is -0.489 e. The summed E-state index contributed by atoms with van der Waals surface area (Å²) < 4.78 is 10.4. The minimum atomic E-state index is -0.439. The van der Waals surface area contributed by atoms with Crippen LogP contribution in [-0.2, 0) is 20.9 Å². The van der Waals surface area contributed by atoms with Crippen LogP contribution in [0.15, 0.2) is 60.7 Å². The molecule has 0 N–H and O–H groups in total. The topological polar surface area (TPSA) is 55.8 Å². The smallest absolute Gasteiger partial charge is 0.325 e. The maximum absolute atomic E-state index is 12.3. The van der Waals surface area contributed by atoms with E-state index in [0.717, 1.165) is 16.9 Å². The molecule has 0 unspecified atom stereocenters. The van der Waals surface area contributed by atoms with Gasteiger partial charge in [-0.2, -0.15) is 0 Å². The number of ether oxygens (including phenoxy) is 2. The zero-order valence-electron chi connectivity index (χ0n) is 15.9. The number of nitrogens with zero attached hydrogens (tertiary/aromatic N) is 1. The van der Waals surface area contributed by atoms with E-state index < -0.39 is 5.97 Å². The van der Waals surface area contributed by atoms with E-state index in [1.165, 1.54) is 18.1 Å². The fraction of sp³-hybridized carbons (Fsp3) is 0.273. The van der Waals surface area contributed by atoms with Gasteiger partial charge in [0.25, 0.3) is 0 Å². The number of hydrogen-bond acceptors (Lipinski definition) is 4. The number of rotatable bonds is 8. The van der Waals surface area contributed by atoms with Gasteiger partial charge in [0.05, 0.1) is 7.11 Å². The highest BCUT2D eigenvalue weighted by molar-refractivity contribution is 5.93. The molecule has 0 radical (unpaired) electrons. The average molecular weight is 367 g/mol. The largest absolute Gasteiger partial charge is 0.489 e. The Balaban J connectivity index is 1.94. The molecular weight excluding hydrogens is 342 g/mol. The molecule has 2 aromatic rings. The Bertz CT molecular complexity index is 767. The van der Waals surface area contributed by atoms with Gasteiger partial charge < -0.3 is 14.4 Å². The fourth-order valence-electron chi connectivity index (χ4n) is 2.40. The van der Waals surface area contributed by atoms with Gasteiger partial charge in [-0.15, -0.1) is 0 Å². The lowest BCUT2D eigenvalue weighted by Crippen LogP contribution is -2.40. The first-order valence-corrected chi connectivity index (χ1v) is 8.82. The summed E-state index contributed by atoms with van der Waals surface area (Å²) in [7, 11) is 1.31. The molecule has 0 fully saturated rings. The van der Waals surface area contributed by atoms with Crippen LogP contribution in [0.3, 0.4) is 0 Å². The summed E-state index contributed by atoms with van der Waals surface area (Å²) in [5, 5.41) is 0. The Hall–Kier alpha value is -3.08. The first-order valence-electron chi connectivity index (χ1n) is 8.82. The van der Waals surface area contributed by atoms with Crippen molar-refractivity contribution in [2.75, 3.05) is 13.7 Å². The lowest BCUT2D eigenvalue weighted by molar-refractivity contribution is -0.146. The molecule has 142 valence electrons. The summed E-state index contributed by atoms with van der Waals surface area (Å²) >= 11 is 0. The lowest BCUT2D eigenvalue weighted by atomic mass is 10.2. The maximum atomic E-state index is 12.3. The Kier molecular flexibility index (Phi) is 7.62. The SMILES string of the molecule is COC(=O)CN(C(=O)/C=C/c1ccc(OCc2ccccc2)cc1)C(C)C. The molecule has 0 aliphatic heterocycles. The third kappa shape index (κ3) is 6.62. The molecule has 0 bridgehead atoms. The van der Waals surface area contributed by atoms with Crippen LogP contribution >= 0.6 is 0 Å². The highest BCUT2D eigenvalue weighted by atomic mass is 16.5. The van der Waals surface area contributed by atoms with Crippen molar-refractivity contribution < 1.29 is 19.1 Å². The van der Waals surface area contributed by atoms with Crippen LogP contribution in [0.5, 0.6) is 5.75 Å². The summed E-state index contributed by atoms with van der Waals surface area (Å²) in [6.07, 6.45) is 3.18. The van der Waals surface area contributed by atoms with Crippen molar-refractivity contribution in [1.82, 2.24) is 4.90 Å². The van der Waals surface area contributed by atoms with Crippen LogP contribution < -0.4 is 4.74 Å². The number of methoxy groups -OCH3 is 1. The molecule has 27 heavy (non-hydrogen) atoms. The predicted octanol–water partition coefficient (Wildman–Crippen LogP) is 3.69. The van der Waals surface area contributed by atoms with Crippen molar-refractivity contribution >= 4 is 18.0 Å². The van der Waals surface area contributed by atoms with E-state index in [0.29, 0.717) is 6.61 Å². The van der Waals surface area contributed by atoms with Gasteiger partial charge in [-0.1, -0.05) is 42.5 Å². The van der Waals surface area contributed by atoms with Gasteiger partial charge in [0.15, 0.2) is 0 Å². The van der Waals surface area contributed by atoms with Crippen molar-refractivity contribution in [2.45, 2.75) is 26.5 Å². The molecule has 0 atom stereocenters. The van der Waals surface area contributed by atoms with Gasteiger partial charge in [-0.05, 0) is 43.2 Å². The third-order valence-electron chi connectivity index (χ3n) is 3.98. The van der Waals surface area contributed by atoms with E-state index in [1.54, 1.807) is 6.08 Å². The van der Waals surface area contributed by atoms with Gasteiger partial charge >= 0.3 is 5.97 Å². The normalized spacial score (nSPS) is 10.8. The Morgan fingerprint density at radius 1 is 1.04 bits per heavy atom. The molecule has 5 heteroatoms. The Morgan fingerprint density at radius 3 is 2.30 bits per heavy atom. The van der Waals surface area contributed by atoms with E-state index >= 15 is 0 Å². The molecule has 1 amide bonds. The molecule has 0 aliphatic carbocycles. The molecule has 5 nitrogen and oxygen atoms in total. The summed E-state index contributed by atoms with van der Waals surface area (Å²) in [6.45, 7) is 4.15. The predicted molar refractivity (Wildman–Crippen MR) is 105 cm³/mol.